The van der Waals surface area contributed by atoms with Crippen molar-refractivity contribution in [3.63, 3.8) is 0 Å². The normalized spacial score (nSPS) is 10.7. The van der Waals surface area contributed by atoms with Crippen LogP contribution in [0.25, 0.3) is 11.3 Å². The predicted molar refractivity (Wildman–Crippen MR) is 77.2 cm³/mol. The van der Waals surface area contributed by atoms with Gasteiger partial charge in [-0.25, -0.2) is 4.39 Å². The van der Waals surface area contributed by atoms with E-state index in [4.69, 9.17) is 11.6 Å². The number of nitrogens with zero attached hydrogens (tertiary/aromatic N) is 1. The Balaban J connectivity index is 2.49. The van der Waals surface area contributed by atoms with E-state index in [1.807, 2.05) is 13.8 Å². The first-order valence-electron chi connectivity index (χ1n) is 6.20. The Morgan fingerprint density at radius 3 is 2.75 bits per heavy atom. The average molecular weight is 293 g/mol. The Kier molecular flexibility index (Phi) is 4.35. The third kappa shape index (κ3) is 3.14. The highest BCUT2D eigenvalue weighted by molar-refractivity contribution is 6.30. The van der Waals surface area contributed by atoms with Crippen molar-refractivity contribution < 1.29 is 9.18 Å². The van der Waals surface area contributed by atoms with Gasteiger partial charge >= 0.3 is 0 Å². The lowest BCUT2D eigenvalue weighted by Crippen LogP contribution is -2.30. The molecule has 1 N–H and O–H groups in total. The fraction of sp³-hybridized carbons (Fsp3) is 0.200. The molecule has 5 heteroatoms. The molecule has 0 radical (unpaired) electrons. The highest BCUT2D eigenvalue weighted by atomic mass is 35.5. The Bertz CT molecular complexity index is 644. The van der Waals surface area contributed by atoms with Crippen LogP contribution in [0.3, 0.4) is 0 Å². The molecule has 2 rings (SSSR count). The summed E-state index contributed by atoms with van der Waals surface area (Å²) in [7, 11) is 0. The van der Waals surface area contributed by atoms with Gasteiger partial charge in [0, 0.05) is 22.8 Å². The fourth-order valence-corrected chi connectivity index (χ4v) is 1.98. The van der Waals surface area contributed by atoms with Gasteiger partial charge in [0.25, 0.3) is 5.91 Å². The number of carbonyl (C=O) groups excluding carboxylic acids is 1. The molecule has 0 aliphatic rings. The second-order valence-corrected chi connectivity index (χ2v) is 5.09. The van der Waals surface area contributed by atoms with Gasteiger partial charge in [0.2, 0.25) is 0 Å². The van der Waals surface area contributed by atoms with E-state index in [0.717, 1.165) is 0 Å². The van der Waals surface area contributed by atoms with Gasteiger partial charge in [-0.2, -0.15) is 0 Å². The lowest BCUT2D eigenvalue weighted by atomic mass is 10.0. The SMILES string of the molecule is CC(C)NC(=O)c1cccnc1-c1ccc(Cl)cc1F. The number of pyridine rings is 1. The Morgan fingerprint density at radius 2 is 2.10 bits per heavy atom. The summed E-state index contributed by atoms with van der Waals surface area (Å²) in [6.45, 7) is 3.72. The zero-order chi connectivity index (χ0) is 14.7. The van der Waals surface area contributed by atoms with Crippen molar-refractivity contribution in [2.45, 2.75) is 19.9 Å². The second-order valence-electron chi connectivity index (χ2n) is 4.65. The molecule has 0 unspecified atom stereocenters. The van der Waals surface area contributed by atoms with E-state index in [9.17, 15) is 9.18 Å². The largest absolute Gasteiger partial charge is 0.350 e. The van der Waals surface area contributed by atoms with E-state index in [-0.39, 0.29) is 17.5 Å². The molecule has 1 heterocycles. The van der Waals surface area contributed by atoms with Crippen LogP contribution in [0, 0.1) is 5.82 Å². The van der Waals surface area contributed by atoms with Gasteiger partial charge in [-0.3, -0.25) is 9.78 Å². The topological polar surface area (TPSA) is 42.0 Å². The summed E-state index contributed by atoms with van der Waals surface area (Å²) in [5.74, 6) is -0.785. The lowest BCUT2D eigenvalue weighted by Gasteiger charge is -2.12. The Labute approximate surface area is 121 Å². The summed E-state index contributed by atoms with van der Waals surface area (Å²) in [4.78, 5) is 16.3. The first kappa shape index (κ1) is 14.5. The van der Waals surface area contributed by atoms with Crippen molar-refractivity contribution >= 4 is 17.5 Å². The van der Waals surface area contributed by atoms with Crippen LogP contribution in [0.5, 0.6) is 0 Å². The number of benzene rings is 1. The highest BCUT2D eigenvalue weighted by Gasteiger charge is 2.17. The number of hydrogen-bond donors (Lipinski definition) is 1. The number of amides is 1. The van der Waals surface area contributed by atoms with Crippen LogP contribution in [0.4, 0.5) is 4.39 Å². The van der Waals surface area contributed by atoms with Gasteiger partial charge < -0.3 is 5.32 Å². The maximum absolute atomic E-state index is 14.0. The summed E-state index contributed by atoms with van der Waals surface area (Å²) >= 11 is 5.74. The monoisotopic (exact) mass is 292 g/mol. The number of aromatic nitrogens is 1. The molecule has 0 saturated heterocycles. The van der Waals surface area contributed by atoms with Gasteiger partial charge in [0.05, 0.1) is 11.3 Å². The molecule has 0 spiro atoms. The standard InChI is InChI=1S/C15H14ClFN2O/c1-9(2)19-15(20)12-4-3-7-18-14(12)11-6-5-10(16)8-13(11)17/h3-9H,1-2H3,(H,19,20). The molecule has 0 saturated carbocycles. The minimum Gasteiger partial charge on any atom is -0.350 e. The maximum atomic E-state index is 14.0. The molecule has 1 aromatic heterocycles. The molecular weight excluding hydrogens is 279 g/mol. The van der Waals surface area contributed by atoms with Crippen LogP contribution in [0.2, 0.25) is 5.02 Å². The van der Waals surface area contributed by atoms with Crippen molar-refractivity contribution in [2.24, 2.45) is 0 Å². The first-order valence-corrected chi connectivity index (χ1v) is 6.58. The quantitative estimate of drug-likeness (QED) is 0.937. The van der Waals surface area contributed by atoms with Crippen LogP contribution < -0.4 is 5.32 Å². The Morgan fingerprint density at radius 1 is 1.35 bits per heavy atom. The molecule has 0 atom stereocenters. The zero-order valence-electron chi connectivity index (χ0n) is 11.2. The van der Waals surface area contributed by atoms with E-state index in [0.29, 0.717) is 16.3 Å². The number of nitrogens with one attached hydrogen (secondary N) is 1. The number of hydrogen-bond acceptors (Lipinski definition) is 2. The lowest BCUT2D eigenvalue weighted by molar-refractivity contribution is 0.0943. The average Bonchev–Trinajstić information content (AvgIpc) is 2.38. The first-order chi connectivity index (χ1) is 9.49. The van der Waals surface area contributed by atoms with Crippen LogP contribution in [0.1, 0.15) is 24.2 Å². The van der Waals surface area contributed by atoms with E-state index in [1.54, 1.807) is 18.2 Å². The van der Waals surface area contributed by atoms with Gasteiger partial charge in [-0.15, -0.1) is 0 Å². The predicted octanol–water partition coefficient (Wildman–Crippen LogP) is 3.68. The van der Waals surface area contributed by atoms with Crippen LogP contribution in [-0.4, -0.2) is 16.9 Å². The number of halogens is 2. The second kappa shape index (κ2) is 6.01. The van der Waals surface area contributed by atoms with Gasteiger partial charge in [0.1, 0.15) is 5.82 Å². The van der Waals surface area contributed by atoms with Crippen LogP contribution in [-0.2, 0) is 0 Å². The summed E-state index contributed by atoms with van der Waals surface area (Å²) < 4.78 is 14.0. The summed E-state index contributed by atoms with van der Waals surface area (Å²) in [5.41, 5.74) is 0.895. The van der Waals surface area contributed by atoms with Gasteiger partial charge in [-0.1, -0.05) is 11.6 Å². The van der Waals surface area contributed by atoms with E-state index in [1.165, 1.54) is 18.3 Å². The molecule has 0 fully saturated rings. The molecule has 1 amide bonds. The van der Waals surface area contributed by atoms with Crippen molar-refractivity contribution in [1.82, 2.24) is 10.3 Å². The Hall–Kier alpha value is -1.94. The van der Waals surface area contributed by atoms with E-state index >= 15 is 0 Å². The minimum absolute atomic E-state index is 0.00868. The molecule has 0 aliphatic heterocycles. The molecule has 104 valence electrons. The summed E-state index contributed by atoms with van der Waals surface area (Å²) in [6, 6.07) is 7.55. The van der Waals surface area contributed by atoms with Crippen molar-refractivity contribution in [3.05, 3.63) is 52.9 Å². The van der Waals surface area contributed by atoms with Gasteiger partial charge in [0.15, 0.2) is 0 Å². The summed E-state index contributed by atoms with van der Waals surface area (Å²) in [5, 5.41) is 3.07. The fourth-order valence-electron chi connectivity index (χ4n) is 1.82. The molecule has 2 aromatic rings. The molecular formula is C15H14ClFN2O. The maximum Gasteiger partial charge on any atom is 0.253 e. The molecule has 0 bridgehead atoms. The third-order valence-electron chi connectivity index (χ3n) is 2.66. The smallest absolute Gasteiger partial charge is 0.253 e. The van der Waals surface area contributed by atoms with Gasteiger partial charge in [-0.05, 0) is 44.2 Å². The van der Waals surface area contributed by atoms with Crippen molar-refractivity contribution in [2.75, 3.05) is 0 Å². The van der Waals surface area contributed by atoms with E-state index < -0.39 is 5.82 Å². The molecule has 20 heavy (non-hydrogen) atoms. The van der Waals surface area contributed by atoms with Crippen molar-refractivity contribution in [3.8, 4) is 11.3 Å². The zero-order valence-corrected chi connectivity index (χ0v) is 11.9. The van der Waals surface area contributed by atoms with Crippen molar-refractivity contribution in [1.29, 1.82) is 0 Å². The minimum atomic E-state index is -0.505. The van der Waals surface area contributed by atoms with Crippen LogP contribution >= 0.6 is 11.6 Å². The summed E-state index contributed by atoms with van der Waals surface area (Å²) in [6.07, 6.45) is 1.52. The van der Waals surface area contributed by atoms with E-state index in [2.05, 4.69) is 10.3 Å². The molecule has 1 aromatic carbocycles. The van der Waals surface area contributed by atoms with Crippen LogP contribution in [0.15, 0.2) is 36.5 Å². The molecule has 0 aliphatic carbocycles. The highest BCUT2D eigenvalue weighted by Crippen LogP contribution is 2.26. The third-order valence-corrected chi connectivity index (χ3v) is 2.89. The molecule has 3 nitrogen and oxygen atoms in total. The number of rotatable bonds is 3. The number of carbonyl (C=O) groups is 1.